The Hall–Kier alpha value is -3.64. The van der Waals surface area contributed by atoms with Crippen LogP contribution < -0.4 is 15.0 Å². The Bertz CT molecular complexity index is 1450. The van der Waals surface area contributed by atoms with E-state index in [0.717, 1.165) is 25.4 Å². The van der Waals surface area contributed by atoms with Crippen molar-refractivity contribution < 1.29 is 31.9 Å². The summed E-state index contributed by atoms with van der Waals surface area (Å²) in [6.07, 6.45) is 2.81. The number of hydrogen-bond acceptors (Lipinski definition) is 6. The van der Waals surface area contributed by atoms with Gasteiger partial charge in [-0.1, -0.05) is 6.07 Å². The summed E-state index contributed by atoms with van der Waals surface area (Å²) in [4.78, 5) is 32.8. The van der Waals surface area contributed by atoms with Crippen LogP contribution in [0.25, 0.3) is 11.1 Å². The molecule has 0 radical (unpaired) electrons. The number of halogens is 4. The molecule has 1 N–H and O–H groups in total. The predicted molar refractivity (Wildman–Crippen MR) is 160 cm³/mol. The van der Waals surface area contributed by atoms with Crippen LogP contribution >= 0.6 is 10.0 Å². The van der Waals surface area contributed by atoms with Gasteiger partial charge in [0, 0.05) is 55.3 Å². The van der Waals surface area contributed by atoms with Crippen molar-refractivity contribution in [2.45, 2.75) is 6.18 Å². The van der Waals surface area contributed by atoms with Gasteiger partial charge in [0.1, 0.15) is 12.1 Å². The molecule has 3 aromatic rings. The Balaban J connectivity index is 1.70. The number of piperazine rings is 1. The lowest BCUT2D eigenvalue weighted by Gasteiger charge is -2.35. The van der Waals surface area contributed by atoms with E-state index >= 15 is 0 Å². The van der Waals surface area contributed by atoms with Crippen LogP contribution in [0.15, 0.2) is 48.7 Å². The highest BCUT2D eigenvalue weighted by Crippen LogP contribution is 2.37. The molecule has 1 aliphatic rings. The number of aromatic nitrogens is 1. The van der Waals surface area contributed by atoms with Crippen molar-refractivity contribution in [1.29, 1.82) is 0 Å². The van der Waals surface area contributed by atoms with Gasteiger partial charge in [-0.05, 0) is 61.7 Å². The average molecular weight is 607 g/mol. The Labute approximate surface area is 244 Å². The number of amides is 1. The number of carbonyl (C=O) groups is 2. The number of likely N-dealkylation sites (N-methyl/N-ethyl adjacent to an activating group) is 1. The quantitative estimate of drug-likeness (QED) is 0.245. The van der Waals surface area contributed by atoms with E-state index in [4.69, 9.17) is 4.74 Å². The molecule has 2 heterocycles. The standard InChI is InChI=1S/C30H34F4N4O3S/c1-37-9-11-38(12-10-37)27-8-6-21(22-15-20(19-39)5-7-25(22)31)16-26(27)36-29(40)23-18-35-28(17-24(23)30(32,33)34)41-13-14-42(2,3)4/h5-8,15-19H,9-14H2,1-4H3,(H,36,40). The number of nitrogens with zero attached hydrogens (tertiary/aromatic N) is 3. The molecule has 7 nitrogen and oxygen atoms in total. The molecule has 0 atom stereocenters. The Morgan fingerprint density at radius 1 is 1.07 bits per heavy atom. The van der Waals surface area contributed by atoms with Gasteiger partial charge < -0.3 is 19.9 Å². The van der Waals surface area contributed by atoms with Gasteiger partial charge in [-0.2, -0.15) is 13.2 Å². The number of ether oxygens (including phenoxy) is 1. The number of hydrogen-bond donors (Lipinski definition) is 1. The van der Waals surface area contributed by atoms with Gasteiger partial charge in [0.25, 0.3) is 5.91 Å². The molecule has 12 heteroatoms. The second-order valence-electron chi connectivity index (χ2n) is 11.0. The minimum Gasteiger partial charge on any atom is -0.477 e. The Morgan fingerprint density at radius 3 is 2.43 bits per heavy atom. The molecule has 0 aliphatic carbocycles. The number of anilines is 2. The van der Waals surface area contributed by atoms with Crippen LogP contribution in [0.3, 0.4) is 0 Å². The number of rotatable bonds is 9. The molecule has 0 bridgehead atoms. The molecule has 4 rings (SSSR count). The third-order valence-corrected chi connectivity index (χ3v) is 8.29. The topological polar surface area (TPSA) is 74.8 Å². The third kappa shape index (κ3) is 7.80. The highest BCUT2D eigenvalue weighted by molar-refractivity contribution is 8.32. The maximum atomic E-state index is 14.8. The second kappa shape index (κ2) is 12.7. The fourth-order valence-electron chi connectivity index (χ4n) is 4.48. The van der Waals surface area contributed by atoms with Crippen LogP contribution in [0.1, 0.15) is 26.3 Å². The Morgan fingerprint density at radius 2 is 1.79 bits per heavy atom. The van der Waals surface area contributed by atoms with Crippen LogP contribution in [0.2, 0.25) is 0 Å². The average Bonchev–Trinajstić information content (AvgIpc) is 2.92. The minimum absolute atomic E-state index is 0.122. The summed E-state index contributed by atoms with van der Waals surface area (Å²) in [5, 5.41) is 2.62. The van der Waals surface area contributed by atoms with E-state index in [1.54, 1.807) is 12.1 Å². The summed E-state index contributed by atoms with van der Waals surface area (Å²) in [5.41, 5.74) is -0.319. The maximum Gasteiger partial charge on any atom is 0.417 e. The summed E-state index contributed by atoms with van der Waals surface area (Å²) < 4.78 is 62.6. The smallest absolute Gasteiger partial charge is 0.417 e. The van der Waals surface area contributed by atoms with Crippen molar-refractivity contribution in [3.8, 4) is 17.0 Å². The summed E-state index contributed by atoms with van der Waals surface area (Å²) in [6, 6.07) is 9.49. The number of carbonyl (C=O) groups excluding carboxylic acids is 2. The first-order chi connectivity index (χ1) is 19.7. The van der Waals surface area contributed by atoms with Crippen LogP contribution in [-0.2, 0) is 6.18 Å². The molecule has 1 aromatic heterocycles. The normalized spacial score (nSPS) is 14.9. The van der Waals surface area contributed by atoms with Gasteiger partial charge in [-0.25, -0.2) is 19.4 Å². The van der Waals surface area contributed by atoms with E-state index in [9.17, 15) is 27.2 Å². The summed E-state index contributed by atoms with van der Waals surface area (Å²) in [6.45, 7) is 2.92. The molecule has 1 aliphatic heterocycles. The molecule has 0 unspecified atom stereocenters. The lowest BCUT2D eigenvalue weighted by molar-refractivity contribution is -0.138. The van der Waals surface area contributed by atoms with E-state index in [1.807, 2.05) is 11.9 Å². The molecule has 42 heavy (non-hydrogen) atoms. The lowest BCUT2D eigenvalue weighted by Crippen LogP contribution is -2.44. The van der Waals surface area contributed by atoms with Gasteiger partial charge in [-0.15, -0.1) is 0 Å². The second-order valence-corrected chi connectivity index (χ2v) is 15.6. The Kier molecular flexibility index (Phi) is 9.47. The highest BCUT2D eigenvalue weighted by Gasteiger charge is 2.36. The van der Waals surface area contributed by atoms with Gasteiger partial charge in [-0.3, -0.25) is 9.59 Å². The molecular formula is C30H34F4N4O3S. The maximum absolute atomic E-state index is 14.8. The first-order valence-corrected chi connectivity index (χ1v) is 16.3. The first-order valence-electron chi connectivity index (χ1n) is 13.3. The summed E-state index contributed by atoms with van der Waals surface area (Å²) in [5.74, 6) is -1.14. The van der Waals surface area contributed by atoms with Gasteiger partial charge in [0.05, 0.1) is 29.1 Å². The van der Waals surface area contributed by atoms with E-state index < -0.39 is 39.1 Å². The van der Waals surface area contributed by atoms with Crippen LogP contribution in [0, 0.1) is 5.82 Å². The summed E-state index contributed by atoms with van der Waals surface area (Å²) in [7, 11) is 1.06. The fourth-order valence-corrected chi connectivity index (χ4v) is 5.06. The number of aldehydes is 1. The van der Waals surface area contributed by atoms with Crippen molar-refractivity contribution >= 4 is 33.6 Å². The van der Waals surface area contributed by atoms with Gasteiger partial charge in [0.2, 0.25) is 5.88 Å². The van der Waals surface area contributed by atoms with E-state index in [-0.39, 0.29) is 29.3 Å². The molecule has 1 fully saturated rings. The molecule has 226 valence electrons. The van der Waals surface area contributed by atoms with Gasteiger partial charge >= 0.3 is 6.18 Å². The molecule has 0 saturated carbocycles. The van der Waals surface area contributed by atoms with Crippen molar-refractivity contribution in [2.24, 2.45) is 0 Å². The molecular weight excluding hydrogens is 572 g/mol. The third-order valence-electron chi connectivity index (χ3n) is 6.90. The number of alkyl halides is 3. The van der Waals surface area contributed by atoms with Gasteiger partial charge in [0.15, 0.2) is 0 Å². The highest BCUT2D eigenvalue weighted by atomic mass is 32.3. The first kappa shape index (κ1) is 31.3. The fraction of sp³-hybridized carbons (Fsp3) is 0.367. The molecule has 2 aromatic carbocycles. The predicted octanol–water partition coefficient (Wildman–Crippen LogP) is 5.80. The van der Waals surface area contributed by atoms with Crippen LogP contribution in [0.5, 0.6) is 5.88 Å². The lowest BCUT2D eigenvalue weighted by atomic mass is 10.0. The van der Waals surface area contributed by atoms with E-state index in [0.29, 0.717) is 36.4 Å². The largest absolute Gasteiger partial charge is 0.477 e. The zero-order valence-electron chi connectivity index (χ0n) is 23.9. The van der Waals surface area contributed by atoms with Crippen molar-refractivity contribution in [3.63, 3.8) is 0 Å². The number of pyridine rings is 1. The van der Waals surface area contributed by atoms with E-state index in [1.165, 1.54) is 24.3 Å². The zero-order chi connectivity index (χ0) is 30.7. The molecule has 1 saturated heterocycles. The van der Waals surface area contributed by atoms with Crippen molar-refractivity contribution in [2.75, 3.05) is 74.6 Å². The SMILES string of the molecule is CN1CCN(c2ccc(-c3cc(C=O)ccc3F)cc2NC(=O)c2cnc(OCCS(C)(C)C)cc2C(F)(F)F)CC1. The minimum atomic E-state index is -4.84. The van der Waals surface area contributed by atoms with Crippen molar-refractivity contribution in [1.82, 2.24) is 9.88 Å². The number of nitrogens with one attached hydrogen (secondary N) is 1. The van der Waals surface area contributed by atoms with E-state index in [2.05, 4.69) is 34.0 Å². The van der Waals surface area contributed by atoms with Crippen molar-refractivity contribution in [3.05, 3.63) is 71.2 Å². The molecule has 0 spiro atoms. The zero-order valence-corrected chi connectivity index (χ0v) is 24.7. The van der Waals surface area contributed by atoms with Crippen LogP contribution in [-0.4, -0.2) is 86.4 Å². The molecule has 1 amide bonds. The number of benzene rings is 2. The summed E-state index contributed by atoms with van der Waals surface area (Å²) >= 11 is 0. The van der Waals surface area contributed by atoms with Crippen LogP contribution in [0.4, 0.5) is 28.9 Å². The monoisotopic (exact) mass is 606 g/mol.